The Kier molecular flexibility index (Phi) is 4.80. The first-order chi connectivity index (χ1) is 8.24. The number of rotatable bonds is 7. The Morgan fingerprint density at radius 1 is 1.24 bits per heavy atom. The number of carboxylic acids is 1. The van der Waals surface area contributed by atoms with Gasteiger partial charge in [0.05, 0.1) is 6.54 Å². The van der Waals surface area contributed by atoms with Crippen LogP contribution in [0.1, 0.15) is 32.1 Å². The number of hydrogen-bond donors (Lipinski definition) is 1. The zero-order valence-electron chi connectivity index (χ0n) is 10.6. The van der Waals surface area contributed by atoms with Crippen LogP contribution in [-0.2, 0) is 4.79 Å². The van der Waals surface area contributed by atoms with Crippen molar-refractivity contribution in [2.75, 3.05) is 39.3 Å². The van der Waals surface area contributed by atoms with Crippen molar-refractivity contribution in [2.45, 2.75) is 32.1 Å². The Labute approximate surface area is 104 Å². The second-order valence-corrected chi connectivity index (χ2v) is 5.47. The van der Waals surface area contributed by atoms with Crippen LogP contribution in [0.2, 0.25) is 0 Å². The average molecular weight is 240 g/mol. The van der Waals surface area contributed by atoms with E-state index in [1.807, 2.05) is 0 Å². The third-order valence-corrected chi connectivity index (χ3v) is 3.75. The van der Waals surface area contributed by atoms with E-state index < -0.39 is 5.97 Å². The zero-order valence-corrected chi connectivity index (χ0v) is 10.6. The van der Waals surface area contributed by atoms with Crippen molar-refractivity contribution in [1.82, 2.24) is 9.80 Å². The molecule has 1 aliphatic carbocycles. The largest absolute Gasteiger partial charge is 0.480 e. The van der Waals surface area contributed by atoms with Crippen molar-refractivity contribution in [1.29, 1.82) is 0 Å². The molecule has 1 heterocycles. The van der Waals surface area contributed by atoms with E-state index in [0.717, 1.165) is 25.6 Å². The van der Waals surface area contributed by atoms with Gasteiger partial charge in [0, 0.05) is 19.6 Å². The number of nitrogens with zero attached hydrogens (tertiary/aromatic N) is 2. The number of carbonyl (C=O) groups is 1. The lowest BCUT2D eigenvalue weighted by molar-refractivity contribution is -0.138. The highest BCUT2D eigenvalue weighted by molar-refractivity contribution is 5.69. The van der Waals surface area contributed by atoms with Crippen molar-refractivity contribution in [3.05, 3.63) is 0 Å². The van der Waals surface area contributed by atoms with Crippen LogP contribution in [-0.4, -0.2) is 60.1 Å². The highest BCUT2D eigenvalue weighted by atomic mass is 16.4. The molecule has 4 heteroatoms. The molecular weight excluding hydrogens is 216 g/mol. The van der Waals surface area contributed by atoms with Crippen molar-refractivity contribution in [2.24, 2.45) is 5.92 Å². The van der Waals surface area contributed by atoms with Gasteiger partial charge in [0.15, 0.2) is 0 Å². The van der Waals surface area contributed by atoms with E-state index in [9.17, 15) is 4.79 Å². The van der Waals surface area contributed by atoms with E-state index in [0.29, 0.717) is 0 Å². The third-order valence-electron chi connectivity index (χ3n) is 3.75. The van der Waals surface area contributed by atoms with Crippen molar-refractivity contribution in [3.63, 3.8) is 0 Å². The molecule has 2 rings (SSSR count). The molecule has 1 saturated heterocycles. The Hall–Kier alpha value is -0.610. The molecule has 0 atom stereocenters. The molecule has 0 aromatic rings. The zero-order chi connectivity index (χ0) is 12.1. The van der Waals surface area contributed by atoms with E-state index in [1.54, 1.807) is 0 Å². The number of piperidine rings is 1. The molecular formula is C13H24N2O2. The summed E-state index contributed by atoms with van der Waals surface area (Å²) >= 11 is 0. The Balaban J connectivity index is 1.68. The summed E-state index contributed by atoms with van der Waals surface area (Å²) in [5, 5.41) is 8.90. The third kappa shape index (κ3) is 5.04. The lowest BCUT2D eigenvalue weighted by Gasteiger charge is -2.29. The summed E-state index contributed by atoms with van der Waals surface area (Å²) in [5.74, 6) is 0.0833. The molecule has 1 aliphatic heterocycles. The molecule has 0 radical (unpaired) electrons. The van der Waals surface area contributed by atoms with E-state index >= 15 is 0 Å². The molecule has 0 aromatic heterocycles. The van der Waals surface area contributed by atoms with Crippen LogP contribution < -0.4 is 0 Å². The Bertz CT molecular complexity index is 248. The minimum Gasteiger partial charge on any atom is -0.480 e. The topological polar surface area (TPSA) is 43.8 Å². The first-order valence-electron chi connectivity index (χ1n) is 6.90. The molecule has 0 amide bonds. The molecule has 1 saturated carbocycles. The Morgan fingerprint density at radius 2 is 1.94 bits per heavy atom. The van der Waals surface area contributed by atoms with E-state index in [2.05, 4.69) is 9.80 Å². The molecule has 17 heavy (non-hydrogen) atoms. The van der Waals surface area contributed by atoms with Gasteiger partial charge in [-0.15, -0.1) is 0 Å². The van der Waals surface area contributed by atoms with Crippen LogP contribution in [0.5, 0.6) is 0 Å². The summed E-state index contributed by atoms with van der Waals surface area (Å²) in [6, 6.07) is 0. The molecule has 2 fully saturated rings. The molecule has 2 aliphatic rings. The van der Waals surface area contributed by atoms with Crippen molar-refractivity contribution in [3.8, 4) is 0 Å². The van der Waals surface area contributed by atoms with Crippen LogP contribution in [0.4, 0.5) is 0 Å². The molecule has 4 nitrogen and oxygen atoms in total. The Morgan fingerprint density at radius 3 is 2.53 bits per heavy atom. The molecule has 0 unspecified atom stereocenters. The summed E-state index contributed by atoms with van der Waals surface area (Å²) < 4.78 is 0. The SMILES string of the molecule is O=C(O)CN(CCN1CCCCC1)CC1CC1. The van der Waals surface area contributed by atoms with Gasteiger partial charge in [-0.1, -0.05) is 6.42 Å². The second-order valence-electron chi connectivity index (χ2n) is 5.47. The average Bonchev–Trinajstić information content (AvgIpc) is 3.10. The van der Waals surface area contributed by atoms with Crippen LogP contribution in [0.3, 0.4) is 0 Å². The van der Waals surface area contributed by atoms with Gasteiger partial charge in [-0.05, 0) is 44.7 Å². The van der Waals surface area contributed by atoms with Gasteiger partial charge in [-0.2, -0.15) is 0 Å². The molecule has 1 N–H and O–H groups in total. The number of hydrogen-bond acceptors (Lipinski definition) is 3. The predicted octanol–water partition coefficient (Wildman–Crippen LogP) is 1.27. The van der Waals surface area contributed by atoms with Crippen molar-refractivity contribution >= 4 is 5.97 Å². The van der Waals surface area contributed by atoms with E-state index in [4.69, 9.17) is 5.11 Å². The monoisotopic (exact) mass is 240 g/mol. The second kappa shape index (κ2) is 6.36. The van der Waals surface area contributed by atoms with Crippen LogP contribution in [0, 0.1) is 5.92 Å². The maximum absolute atomic E-state index is 10.8. The molecule has 98 valence electrons. The van der Waals surface area contributed by atoms with Gasteiger partial charge in [-0.25, -0.2) is 0 Å². The fourth-order valence-electron chi connectivity index (χ4n) is 2.56. The summed E-state index contributed by atoms with van der Waals surface area (Å²) in [4.78, 5) is 15.4. The highest BCUT2D eigenvalue weighted by Crippen LogP contribution is 2.29. The van der Waals surface area contributed by atoms with Gasteiger partial charge < -0.3 is 10.0 Å². The van der Waals surface area contributed by atoms with Crippen LogP contribution in [0.25, 0.3) is 0 Å². The number of carboxylic acid groups (broad SMARTS) is 1. The smallest absolute Gasteiger partial charge is 0.317 e. The lowest BCUT2D eigenvalue weighted by atomic mass is 10.1. The van der Waals surface area contributed by atoms with E-state index in [-0.39, 0.29) is 6.54 Å². The fourth-order valence-corrected chi connectivity index (χ4v) is 2.56. The maximum atomic E-state index is 10.8. The first-order valence-corrected chi connectivity index (χ1v) is 6.90. The van der Waals surface area contributed by atoms with Gasteiger partial charge in [0.25, 0.3) is 0 Å². The van der Waals surface area contributed by atoms with Gasteiger partial charge >= 0.3 is 5.97 Å². The maximum Gasteiger partial charge on any atom is 0.317 e. The van der Waals surface area contributed by atoms with Crippen LogP contribution in [0.15, 0.2) is 0 Å². The summed E-state index contributed by atoms with van der Waals surface area (Å²) in [5.41, 5.74) is 0. The highest BCUT2D eigenvalue weighted by Gasteiger charge is 2.25. The molecule has 0 spiro atoms. The first kappa shape index (κ1) is 12.8. The minimum atomic E-state index is -0.690. The van der Waals surface area contributed by atoms with Gasteiger partial charge in [-0.3, -0.25) is 9.69 Å². The van der Waals surface area contributed by atoms with Crippen molar-refractivity contribution < 1.29 is 9.90 Å². The van der Waals surface area contributed by atoms with Gasteiger partial charge in [0.2, 0.25) is 0 Å². The van der Waals surface area contributed by atoms with Gasteiger partial charge in [0.1, 0.15) is 0 Å². The standard InChI is InChI=1S/C13H24N2O2/c16-13(17)11-15(10-12-4-5-12)9-8-14-6-2-1-3-7-14/h12H,1-11H2,(H,16,17). The number of likely N-dealkylation sites (tertiary alicyclic amines) is 1. The minimum absolute atomic E-state index is 0.213. The quantitative estimate of drug-likeness (QED) is 0.728. The van der Waals surface area contributed by atoms with E-state index in [1.165, 1.54) is 45.2 Å². The fraction of sp³-hybridized carbons (Fsp3) is 0.923. The summed E-state index contributed by atoms with van der Waals surface area (Å²) in [7, 11) is 0. The summed E-state index contributed by atoms with van der Waals surface area (Å²) in [6.07, 6.45) is 6.56. The predicted molar refractivity (Wildman–Crippen MR) is 67.1 cm³/mol. The normalized spacial score (nSPS) is 21.9. The summed E-state index contributed by atoms with van der Waals surface area (Å²) in [6.45, 7) is 5.56. The molecule has 0 bridgehead atoms. The van der Waals surface area contributed by atoms with Crippen LogP contribution >= 0.6 is 0 Å². The molecule has 0 aromatic carbocycles. The lowest BCUT2D eigenvalue weighted by Crippen LogP contribution is -2.40. The number of aliphatic carboxylic acids is 1.